The maximum Gasteiger partial charge on any atom is 0.324 e. The smallest absolute Gasteiger partial charge is 0.324 e. The van der Waals surface area contributed by atoms with Crippen LogP contribution in [-0.4, -0.2) is 26.2 Å². The molecule has 0 aliphatic heterocycles. The van der Waals surface area contributed by atoms with E-state index in [9.17, 15) is 9.59 Å². The zero-order chi connectivity index (χ0) is 15.9. The maximum atomic E-state index is 12.1. The minimum atomic E-state index is -1.44. The van der Waals surface area contributed by atoms with Gasteiger partial charge in [0.15, 0.2) is 5.41 Å². The molecule has 1 aliphatic carbocycles. The Morgan fingerprint density at radius 1 is 1.33 bits per heavy atom. The minimum Gasteiger partial charge on any atom is -0.468 e. The van der Waals surface area contributed by atoms with Gasteiger partial charge in [-0.2, -0.15) is 5.26 Å². The molecule has 5 nitrogen and oxygen atoms in total. The number of methoxy groups -OCH3 is 2. The van der Waals surface area contributed by atoms with Gasteiger partial charge in [0.1, 0.15) is 0 Å². The number of hydrogen-bond donors (Lipinski definition) is 0. The summed E-state index contributed by atoms with van der Waals surface area (Å²) in [6.07, 6.45) is 4.63. The number of hydrogen-bond acceptors (Lipinski definition) is 5. The van der Waals surface area contributed by atoms with Crippen molar-refractivity contribution in [1.82, 2.24) is 0 Å². The molecule has 1 aliphatic rings. The summed E-state index contributed by atoms with van der Waals surface area (Å²) in [6.45, 7) is 1.64. The lowest BCUT2D eigenvalue weighted by Gasteiger charge is -2.24. The Bertz CT molecular complexity index is 517. The summed E-state index contributed by atoms with van der Waals surface area (Å²) in [6, 6.07) is 2.18. The van der Waals surface area contributed by atoms with Gasteiger partial charge in [0.2, 0.25) is 0 Å². The highest BCUT2D eigenvalue weighted by Gasteiger charge is 2.47. The topological polar surface area (TPSA) is 76.4 Å². The number of allylic oxidation sites excluding steroid dienone is 2. The third-order valence-corrected chi connectivity index (χ3v) is 3.57. The molecule has 0 bridgehead atoms. The van der Waals surface area contributed by atoms with Crippen LogP contribution in [0.2, 0.25) is 0 Å². The molecule has 2 atom stereocenters. The second kappa shape index (κ2) is 7.50. The Labute approximate surface area is 124 Å². The van der Waals surface area contributed by atoms with Gasteiger partial charge in [0, 0.05) is 6.42 Å². The molecule has 0 aromatic rings. The molecule has 0 spiro atoms. The normalized spacial score (nSPS) is 20.1. The summed E-state index contributed by atoms with van der Waals surface area (Å²) >= 11 is 0. The number of nitrogens with zero attached hydrogens (tertiary/aromatic N) is 1. The van der Waals surface area contributed by atoms with Crippen LogP contribution in [0.4, 0.5) is 0 Å². The summed E-state index contributed by atoms with van der Waals surface area (Å²) in [5, 5.41) is 8.75. The van der Waals surface area contributed by atoms with Crippen LogP contribution < -0.4 is 0 Å². The molecule has 0 radical (unpaired) electrons. The molecule has 5 heteroatoms. The van der Waals surface area contributed by atoms with E-state index in [1.807, 2.05) is 6.08 Å². The van der Waals surface area contributed by atoms with Gasteiger partial charge in [-0.15, -0.1) is 11.8 Å². The van der Waals surface area contributed by atoms with Crippen LogP contribution in [-0.2, 0) is 19.1 Å². The zero-order valence-corrected chi connectivity index (χ0v) is 12.5. The molecular weight excluding hydrogens is 270 g/mol. The van der Waals surface area contributed by atoms with Crippen molar-refractivity contribution in [1.29, 1.82) is 5.26 Å². The minimum absolute atomic E-state index is 0.0412. The highest BCUT2D eigenvalue weighted by atomic mass is 16.5. The van der Waals surface area contributed by atoms with Crippen molar-refractivity contribution in [2.24, 2.45) is 17.3 Å². The first-order chi connectivity index (χ1) is 10.1. The van der Waals surface area contributed by atoms with E-state index in [1.165, 1.54) is 14.2 Å². The van der Waals surface area contributed by atoms with Gasteiger partial charge in [-0.25, -0.2) is 0 Å². The monoisotopic (exact) mass is 289 g/mol. The lowest BCUT2D eigenvalue weighted by Crippen LogP contribution is -2.40. The van der Waals surface area contributed by atoms with Crippen LogP contribution in [0.3, 0.4) is 0 Å². The molecule has 0 aromatic heterocycles. The van der Waals surface area contributed by atoms with E-state index in [-0.39, 0.29) is 24.7 Å². The SMILES string of the molecule is CC#CCC(C/C=C/[C@@H]1C[C@@H]1C#N)(C(=O)OC)C(=O)OC. The summed E-state index contributed by atoms with van der Waals surface area (Å²) in [5.41, 5.74) is -1.44. The van der Waals surface area contributed by atoms with E-state index < -0.39 is 17.4 Å². The molecule has 1 fully saturated rings. The van der Waals surface area contributed by atoms with Gasteiger partial charge in [0.05, 0.1) is 26.2 Å². The Kier molecular flexibility index (Phi) is 5.99. The van der Waals surface area contributed by atoms with E-state index in [0.717, 1.165) is 6.42 Å². The predicted octanol–water partition coefficient (Wildman–Crippen LogP) is 1.84. The third kappa shape index (κ3) is 3.86. The Balaban J connectivity index is 2.92. The Morgan fingerprint density at radius 2 is 1.95 bits per heavy atom. The summed E-state index contributed by atoms with van der Waals surface area (Å²) < 4.78 is 9.51. The van der Waals surface area contributed by atoms with Crippen molar-refractivity contribution in [3.63, 3.8) is 0 Å². The lowest BCUT2D eigenvalue weighted by molar-refractivity contribution is -0.168. The van der Waals surface area contributed by atoms with E-state index in [2.05, 4.69) is 17.9 Å². The van der Waals surface area contributed by atoms with Gasteiger partial charge in [-0.3, -0.25) is 9.59 Å². The first-order valence-electron chi connectivity index (χ1n) is 6.68. The second-order valence-electron chi connectivity index (χ2n) is 4.94. The zero-order valence-electron chi connectivity index (χ0n) is 12.5. The number of esters is 2. The summed E-state index contributed by atoms with van der Waals surface area (Å²) in [7, 11) is 2.46. The van der Waals surface area contributed by atoms with Crippen LogP contribution in [0.15, 0.2) is 12.2 Å². The van der Waals surface area contributed by atoms with E-state index >= 15 is 0 Å². The molecule has 1 rings (SSSR count). The average molecular weight is 289 g/mol. The number of rotatable bonds is 6. The summed E-state index contributed by atoms with van der Waals surface area (Å²) in [4.78, 5) is 24.1. The number of ether oxygens (including phenoxy) is 2. The molecule has 1 saturated carbocycles. The Hall–Kier alpha value is -2.27. The fourth-order valence-corrected chi connectivity index (χ4v) is 2.12. The van der Waals surface area contributed by atoms with Gasteiger partial charge >= 0.3 is 11.9 Å². The molecule has 0 N–H and O–H groups in total. The first kappa shape index (κ1) is 16.8. The molecule has 0 heterocycles. The van der Waals surface area contributed by atoms with Crippen molar-refractivity contribution in [3.05, 3.63) is 12.2 Å². The van der Waals surface area contributed by atoms with Crippen LogP contribution in [0.25, 0.3) is 0 Å². The number of carbonyl (C=O) groups excluding carboxylic acids is 2. The molecule has 0 aromatic carbocycles. The van der Waals surface area contributed by atoms with Crippen LogP contribution in [0, 0.1) is 40.4 Å². The average Bonchev–Trinajstić information content (AvgIpc) is 3.27. The van der Waals surface area contributed by atoms with Crippen molar-refractivity contribution < 1.29 is 19.1 Å². The van der Waals surface area contributed by atoms with Gasteiger partial charge < -0.3 is 9.47 Å². The van der Waals surface area contributed by atoms with Gasteiger partial charge in [0.25, 0.3) is 0 Å². The molecule has 0 saturated heterocycles. The first-order valence-corrected chi connectivity index (χ1v) is 6.68. The second-order valence-corrected chi connectivity index (χ2v) is 4.94. The highest BCUT2D eigenvalue weighted by Crippen LogP contribution is 2.39. The highest BCUT2D eigenvalue weighted by molar-refractivity contribution is 6.00. The fraction of sp³-hybridized carbons (Fsp3) is 0.562. The molecule has 0 unspecified atom stereocenters. The molecule has 112 valence electrons. The molecular formula is C16H19NO4. The maximum absolute atomic E-state index is 12.1. The van der Waals surface area contributed by atoms with Gasteiger partial charge in [-0.1, -0.05) is 12.2 Å². The predicted molar refractivity (Wildman–Crippen MR) is 75.5 cm³/mol. The fourth-order valence-electron chi connectivity index (χ4n) is 2.12. The van der Waals surface area contributed by atoms with E-state index in [0.29, 0.717) is 0 Å². The van der Waals surface area contributed by atoms with Crippen molar-refractivity contribution in [3.8, 4) is 17.9 Å². The number of nitriles is 1. The van der Waals surface area contributed by atoms with Gasteiger partial charge in [-0.05, 0) is 25.7 Å². The Morgan fingerprint density at radius 3 is 2.38 bits per heavy atom. The molecule has 21 heavy (non-hydrogen) atoms. The van der Waals surface area contributed by atoms with Crippen LogP contribution in [0.5, 0.6) is 0 Å². The van der Waals surface area contributed by atoms with Crippen molar-refractivity contribution in [2.75, 3.05) is 14.2 Å². The quantitative estimate of drug-likeness (QED) is 0.323. The van der Waals surface area contributed by atoms with Crippen LogP contribution >= 0.6 is 0 Å². The lowest BCUT2D eigenvalue weighted by atomic mass is 9.81. The molecule has 0 amide bonds. The third-order valence-electron chi connectivity index (χ3n) is 3.57. The van der Waals surface area contributed by atoms with E-state index in [4.69, 9.17) is 14.7 Å². The largest absolute Gasteiger partial charge is 0.468 e. The number of carbonyl (C=O) groups is 2. The van der Waals surface area contributed by atoms with Crippen molar-refractivity contribution in [2.45, 2.75) is 26.2 Å². The summed E-state index contributed by atoms with van der Waals surface area (Å²) in [5.74, 6) is 4.37. The van der Waals surface area contributed by atoms with E-state index in [1.54, 1.807) is 13.0 Å². The standard InChI is InChI=1S/C16H19NO4/c1-4-5-8-16(14(18)20-2,15(19)21-3)9-6-7-12-10-13(12)11-17/h6-7,12-13H,8-10H2,1-3H3/b7-6+/t12-,13-/m1/s1. The van der Waals surface area contributed by atoms with Crippen LogP contribution in [0.1, 0.15) is 26.2 Å². The van der Waals surface area contributed by atoms with Crippen molar-refractivity contribution >= 4 is 11.9 Å².